The Morgan fingerprint density at radius 1 is 1.26 bits per heavy atom. The van der Waals surface area contributed by atoms with Crippen LogP contribution >= 0.6 is 15.9 Å². The van der Waals surface area contributed by atoms with Crippen LogP contribution in [0.3, 0.4) is 0 Å². The average molecular weight is 319 g/mol. The standard InChI is InChI=1S/C15H12BrFN2/c1-10-4-2-3-5-14(10)19-15(9-18)11-6-7-13(17)12(16)8-11/h2-8,15,19H,1H3. The van der Waals surface area contributed by atoms with E-state index in [1.54, 1.807) is 12.1 Å². The van der Waals surface area contributed by atoms with Gasteiger partial charge in [-0.25, -0.2) is 4.39 Å². The maximum Gasteiger partial charge on any atom is 0.140 e. The monoisotopic (exact) mass is 318 g/mol. The molecule has 0 aliphatic heterocycles. The molecule has 0 aliphatic carbocycles. The van der Waals surface area contributed by atoms with Gasteiger partial charge < -0.3 is 5.32 Å². The smallest absolute Gasteiger partial charge is 0.140 e. The molecule has 4 heteroatoms. The molecular weight excluding hydrogens is 307 g/mol. The number of halogens is 2. The summed E-state index contributed by atoms with van der Waals surface area (Å²) in [6, 6.07) is 14.0. The van der Waals surface area contributed by atoms with E-state index >= 15 is 0 Å². The largest absolute Gasteiger partial charge is 0.366 e. The van der Waals surface area contributed by atoms with Crippen LogP contribution in [-0.4, -0.2) is 0 Å². The number of aryl methyl sites for hydroxylation is 1. The van der Waals surface area contributed by atoms with Gasteiger partial charge in [0.05, 0.1) is 10.5 Å². The Morgan fingerprint density at radius 3 is 2.63 bits per heavy atom. The van der Waals surface area contributed by atoms with Gasteiger partial charge in [0.25, 0.3) is 0 Å². The Morgan fingerprint density at radius 2 is 2.00 bits per heavy atom. The molecule has 1 unspecified atom stereocenters. The summed E-state index contributed by atoms with van der Waals surface area (Å²) in [5.41, 5.74) is 2.68. The van der Waals surface area contributed by atoms with E-state index in [0.717, 1.165) is 16.8 Å². The van der Waals surface area contributed by atoms with Gasteiger partial charge in [0.2, 0.25) is 0 Å². The molecule has 19 heavy (non-hydrogen) atoms. The second kappa shape index (κ2) is 5.85. The van der Waals surface area contributed by atoms with Crippen LogP contribution in [0.15, 0.2) is 46.9 Å². The minimum Gasteiger partial charge on any atom is -0.366 e. The molecule has 2 aromatic carbocycles. The van der Waals surface area contributed by atoms with Crippen molar-refractivity contribution in [3.63, 3.8) is 0 Å². The fraction of sp³-hybridized carbons (Fsp3) is 0.133. The Kier molecular flexibility index (Phi) is 4.18. The van der Waals surface area contributed by atoms with Crippen molar-refractivity contribution in [1.82, 2.24) is 0 Å². The summed E-state index contributed by atoms with van der Waals surface area (Å²) in [5.74, 6) is -0.337. The number of nitriles is 1. The van der Waals surface area contributed by atoms with Crippen LogP contribution in [0.2, 0.25) is 0 Å². The van der Waals surface area contributed by atoms with Crippen molar-refractivity contribution < 1.29 is 4.39 Å². The molecule has 0 saturated carbocycles. The van der Waals surface area contributed by atoms with Gasteiger partial charge in [0.1, 0.15) is 11.9 Å². The van der Waals surface area contributed by atoms with E-state index in [9.17, 15) is 9.65 Å². The average Bonchev–Trinajstić information content (AvgIpc) is 2.41. The molecule has 0 spiro atoms. The van der Waals surface area contributed by atoms with Gasteiger partial charge in [0, 0.05) is 5.69 Å². The molecule has 0 fully saturated rings. The van der Waals surface area contributed by atoms with Crippen molar-refractivity contribution in [1.29, 1.82) is 5.26 Å². The molecular formula is C15H12BrFN2. The van der Waals surface area contributed by atoms with Gasteiger partial charge in [0.15, 0.2) is 0 Å². The Hall–Kier alpha value is -1.86. The first-order chi connectivity index (χ1) is 9.11. The lowest BCUT2D eigenvalue weighted by Gasteiger charge is -2.15. The minimum absolute atomic E-state index is 0.337. The van der Waals surface area contributed by atoms with Gasteiger partial charge in [-0.2, -0.15) is 5.26 Å². The van der Waals surface area contributed by atoms with Gasteiger partial charge in [-0.05, 0) is 52.2 Å². The number of para-hydroxylation sites is 1. The molecule has 2 aromatic rings. The molecule has 1 atom stereocenters. The zero-order chi connectivity index (χ0) is 13.8. The van der Waals surface area contributed by atoms with Gasteiger partial charge in [-0.3, -0.25) is 0 Å². The summed E-state index contributed by atoms with van der Waals surface area (Å²) in [7, 11) is 0. The molecule has 1 N–H and O–H groups in total. The summed E-state index contributed by atoms with van der Waals surface area (Å²) < 4.78 is 13.6. The molecule has 96 valence electrons. The van der Waals surface area contributed by atoms with Gasteiger partial charge in [-0.15, -0.1) is 0 Å². The predicted molar refractivity (Wildman–Crippen MR) is 77.3 cm³/mol. The summed E-state index contributed by atoms with van der Waals surface area (Å²) in [6.45, 7) is 1.97. The third kappa shape index (κ3) is 3.12. The molecule has 0 amide bonds. The van der Waals surface area contributed by atoms with Crippen LogP contribution in [0.5, 0.6) is 0 Å². The topological polar surface area (TPSA) is 35.8 Å². The second-order valence-corrected chi connectivity index (χ2v) is 5.05. The highest BCUT2D eigenvalue weighted by Gasteiger charge is 2.12. The minimum atomic E-state index is -0.516. The van der Waals surface area contributed by atoms with Crippen LogP contribution in [0.1, 0.15) is 17.2 Å². The summed E-state index contributed by atoms with van der Waals surface area (Å²) in [5, 5.41) is 12.4. The van der Waals surface area contributed by atoms with E-state index in [4.69, 9.17) is 0 Å². The first-order valence-corrected chi connectivity index (χ1v) is 6.58. The lowest BCUT2D eigenvalue weighted by molar-refractivity contribution is 0.620. The number of benzene rings is 2. The lowest BCUT2D eigenvalue weighted by Crippen LogP contribution is -2.09. The molecule has 0 saturated heterocycles. The van der Waals surface area contributed by atoms with Crippen LogP contribution in [0.4, 0.5) is 10.1 Å². The van der Waals surface area contributed by atoms with Crippen molar-refractivity contribution in [2.24, 2.45) is 0 Å². The lowest BCUT2D eigenvalue weighted by atomic mass is 10.1. The van der Waals surface area contributed by atoms with Crippen molar-refractivity contribution >= 4 is 21.6 Å². The van der Waals surface area contributed by atoms with E-state index in [1.807, 2.05) is 31.2 Å². The normalized spacial score (nSPS) is 11.7. The molecule has 2 rings (SSSR count). The zero-order valence-electron chi connectivity index (χ0n) is 10.3. The SMILES string of the molecule is Cc1ccccc1NC(C#N)c1ccc(F)c(Br)c1. The maximum absolute atomic E-state index is 13.2. The third-order valence-corrected chi connectivity index (χ3v) is 3.46. The number of hydrogen-bond acceptors (Lipinski definition) is 2. The van der Waals surface area contributed by atoms with E-state index in [0.29, 0.717) is 4.47 Å². The van der Waals surface area contributed by atoms with Crippen molar-refractivity contribution in [2.45, 2.75) is 13.0 Å². The summed E-state index contributed by atoms with van der Waals surface area (Å²) in [4.78, 5) is 0. The highest BCUT2D eigenvalue weighted by Crippen LogP contribution is 2.25. The van der Waals surface area contributed by atoms with E-state index < -0.39 is 6.04 Å². The molecule has 2 nitrogen and oxygen atoms in total. The van der Waals surface area contributed by atoms with Crippen LogP contribution < -0.4 is 5.32 Å². The Labute approximate surface area is 120 Å². The summed E-state index contributed by atoms with van der Waals surface area (Å²) >= 11 is 3.13. The van der Waals surface area contributed by atoms with Crippen LogP contribution in [-0.2, 0) is 0 Å². The first-order valence-electron chi connectivity index (χ1n) is 5.78. The van der Waals surface area contributed by atoms with Crippen molar-refractivity contribution in [3.05, 3.63) is 63.9 Å². The second-order valence-electron chi connectivity index (χ2n) is 4.19. The van der Waals surface area contributed by atoms with Gasteiger partial charge >= 0.3 is 0 Å². The van der Waals surface area contributed by atoms with Crippen molar-refractivity contribution in [2.75, 3.05) is 5.32 Å². The molecule has 0 aromatic heterocycles. The van der Waals surface area contributed by atoms with E-state index in [-0.39, 0.29) is 5.82 Å². The highest BCUT2D eigenvalue weighted by atomic mass is 79.9. The fourth-order valence-corrected chi connectivity index (χ4v) is 2.17. The van der Waals surface area contributed by atoms with E-state index in [2.05, 4.69) is 27.3 Å². The summed E-state index contributed by atoms with van der Waals surface area (Å²) in [6.07, 6.45) is 0. The van der Waals surface area contributed by atoms with Gasteiger partial charge in [-0.1, -0.05) is 24.3 Å². The zero-order valence-corrected chi connectivity index (χ0v) is 11.9. The number of hydrogen-bond donors (Lipinski definition) is 1. The quantitative estimate of drug-likeness (QED) is 0.899. The fourth-order valence-electron chi connectivity index (χ4n) is 1.77. The third-order valence-electron chi connectivity index (χ3n) is 2.85. The number of nitrogens with one attached hydrogen (secondary N) is 1. The Bertz CT molecular complexity index is 634. The molecule has 0 heterocycles. The number of rotatable bonds is 3. The Balaban J connectivity index is 2.28. The maximum atomic E-state index is 13.2. The van der Waals surface area contributed by atoms with Crippen molar-refractivity contribution in [3.8, 4) is 6.07 Å². The van der Waals surface area contributed by atoms with Crippen LogP contribution in [0, 0.1) is 24.1 Å². The first kappa shape index (κ1) is 13.6. The molecule has 0 aliphatic rings. The predicted octanol–water partition coefficient (Wildman–Crippen LogP) is 4.57. The van der Waals surface area contributed by atoms with E-state index in [1.165, 1.54) is 6.07 Å². The molecule has 0 radical (unpaired) electrons. The number of anilines is 1. The molecule has 0 bridgehead atoms. The number of nitrogens with zero attached hydrogens (tertiary/aromatic N) is 1. The highest BCUT2D eigenvalue weighted by molar-refractivity contribution is 9.10. The van der Waals surface area contributed by atoms with Crippen LogP contribution in [0.25, 0.3) is 0 Å².